The Morgan fingerprint density at radius 2 is 1.58 bits per heavy atom. The van der Waals surface area contributed by atoms with Crippen LogP contribution in [0.3, 0.4) is 0 Å². The van der Waals surface area contributed by atoms with Crippen molar-refractivity contribution in [2.45, 2.75) is 26.2 Å². The third-order valence-electron chi connectivity index (χ3n) is 4.68. The van der Waals surface area contributed by atoms with Gasteiger partial charge in [-0.05, 0) is 62.6 Å². The second-order valence-corrected chi connectivity index (χ2v) is 7.11. The molecule has 3 rings (SSSR count). The maximum atomic E-state index is 13.1. The van der Waals surface area contributed by atoms with Gasteiger partial charge in [-0.3, -0.25) is 14.5 Å². The standard InChI is InChI=1S/C21H23ClN2O2/c1-16-5-11-19(12-6-16)24(15-20(25)23-13-3-2-4-14-23)21(26)17-7-9-18(22)10-8-17/h5-12H,2-4,13-15H2,1H3. The molecule has 1 heterocycles. The second kappa shape index (κ2) is 8.37. The zero-order valence-corrected chi connectivity index (χ0v) is 15.7. The Bertz CT molecular complexity index is 766. The van der Waals surface area contributed by atoms with Crippen LogP contribution in [-0.2, 0) is 4.79 Å². The van der Waals surface area contributed by atoms with Crippen LogP contribution in [0, 0.1) is 6.92 Å². The molecule has 1 fully saturated rings. The average molecular weight is 371 g/mol. The molecule has 26 heavy (non-hydrogen) atoms. The number of aryl methyl sites for hydroxylation is 1. The first kappa shape index (κ1) is 18.5. The fourth-order valence-corrected chi connectivity index (χ4v) is 3.26. The molecule has 0 N–H and O–H groups in total. The number of piperidine rings is 1. The molecule has 5 heteroatoms. The first-order valence-electron chi connectivity index (χ1n) is 8.96. The van der Waals surface area contributed by atoms with Gasteiger partial charge in [0.05, 0.1) is 0 Å². The summed E-state index contributed by atoms with van der Waals surface area (Å²) in [5.74, 6) is -0.205. The Labute approximate surface area is 159 Å². The molecule has 0 bridgehead atoms. The number of anilines is 1. The zero-order chi connectivity index (χ0) is 18.5. The number of rotatable bonds is 4. The summed E-state index contributed by atoms with van der Waals surface area (Å²) in [6.45, 7) is 3.59. The maximum absolute atomic E-state index is 13.1. The fraction of sp³-hybridized carbons (Fsp3) is 0.333. The highest BCUT2D eigenvalue weighted by Gasteiger charge is 2.24. The highest BCUT2D eigenvalue weighted by atomic mass is 35.5. The lowest BCUT2D eigenvalue weighted by Crippen LogP contribution is -2.45. The predicted molar refractivity (Wildman–Crippen MR) is 105 cm³/mol. The van der Waals surface area contributed by atoms with E-state index in [2.05, 4.69) is 0 Å². The van der Waals surface area contributed by atoms with Crippen LogP contribution in [0.15, 0.2) is 48.5 Å². The molecule has 136 valence electrons. The molecule has 0 unspecified atom stereocenters. The van der Waals surface area contributed by atoms with Gasteiger partial charge in [0.1, 0.15) is 6.54 Å². The molecule has 2 amide bonds. The highest BCUT2D eigenvalue weighted by Crippen LogP contribution is 2.20. The van der Waals surface area contributed by atoms with Gasteiger partial charge in [0.25, 0.3) is 5.91 Å². The van der Waals surface area contributed by atoms with E-state index in [0.29, 0.717) is 10.6 Å². The largest absolute Gasteiger partial charge is 0.341 e. The second-order valence-electron chi connectivity index (χ2n) is 6.68. The minimum atomic E-state index is -0.198. The molecule has 1 aliphatic heterocycles. The molecule has 1 aliphatic rings. The van der Waals surface area contributed by atoms with Crippen LogP contribution in [0.2, 0.25) is 5.02 Å². The van der Waals surface area contributed by atoms with Gasteiger partial charge in [-0.2, -0.15) is 0 Å². The average Bonchev–Trinajstić information content (AvgIpc) is 2.67. The summed E-state index contributed by atoms with van der Waals surface area (Å²) in [6, 6.07) is 14.4. The normalized spacial score (nSPS) is 14.2. The lowest BCUT2D eigenvalue weighted by molar-refractivity contribution is -0.130. The minimum Gasteiger partial charge on any atom is -0.341 e. The molecule has 1 saturated heterocycles. The number of hydrogen-bond acceptors (Lipinski definition) is 2. The van der Waals surface area contributed by atoms with Crippen molar-refractivity contribution in [3.63, 3.8) is 0 Å². The maximum Gasteiger partial charge on any atom is 0.258 e. The smallest absolute Gasteiger partial charge is 0.258 e. The van der Waals surface area contributed by atoms with Crippen molar-refractivity contribution >= 4 is 29.1 Å². The van der Waals surface area contributed by atoms with E-state index in [1.165, 1.54) is 0 Å². The van der Waals surface area contributed by atoms with Crippen LogP contribution in [-0.4, -0.2) is 36.3 Å². The molecule has 2 aromatic rings. The lowest BCUT2D eigenvalue weighted by Gasteiger charge is -2.30. The van der Waals surface area contributed by atoms with E-state index in [4.69, 9.17) is 11.6 Å². The van der Waals surface area contributed by atoms with Gasteiger partial charge in [0.2, 0.25) is 5.91 Å². The lowest BCUT2D eigenvalue weighted by atomic mass is 10.1. The monoisotopic (exact) mass is 370 g/mol. The van der Waals surface area contributed by atoms with Gasteiger partial charge in [-0.1, -0.05) is 29.3 Å². The third kappa shape index (κ3) is 4.44. The molecular formula is C21H23ClN2O2. The summed E-state index contributed by atoms with van der Waals surface area (Å²) in [5, 5.41) is 0.577. The number of nitrogens with zero attached hydrogens (tertiary/aromatic N) is 2. The Kier molecular flexibility index (Phi) is 5.94. The van der Waals surface area contributed by atoms with Gasteiger partial charge in [0, 0.05) is 29.4 Å². The van der Waals surface area contributed by atoms with E-state index in [-0.39, 0.29) is 18.4 Å². The fourth-order valence-electron chi connectivity index (χ4n) is 3.13. The molecule has 2 aromatic carbocycles. The van der Waals surface area contributed by atoms with Crippen molar-refractivity contribution in [1.82, 2.24) is 4.90 Å². The van der Waals surface area contributed by atoms with Crippen LogP contribution in [0.25, 0.3) is 0 Å². The Morgan fingerprint density at radius 3 is 2.19 bits per heavy atom. The molecule has 0 aliphatic carbocycles. The van der Waals surface area contributed by atoms with Crippen LogP contribution in [0.4, 0.5) is 5.69 Å². The predicted octanol–water partition coefficient (Wildman–Crippen LogP) is 4.31. The topological polar surface area (TPSA) is 40.6 Å². The van der Waals surface area contributed by atoms with E-state index in [1.54, 1.807) is 29.2 Å². The summed E-state index contributed by atoms with van der Waals surface area (Å²) in [7, 11) is 0. The summed E-state index contributed by atoms with van der Waals surface area (Å²) in [5.41, 5.74) is 2.34. The number of carbonyl (C=O) groups excluding carboxylic acids is 2. The SMILES string of the molecule is Cc1ccc(N(CC(=O)N2CCCCC2)C(=O)c2ccc(Cl)cc2)cc1. The third-order valence-corrected chi connectivity index (χ3v) is 4.94. The Hall–Kier alpha value is -2.33. The van der Waals surface area contributed by atoms with E-state index in [1.807, 2.05) is 36.1 Å². The van der Waals surface area contributed by atoms with Crippen LogP contribution < -0.4 is 4.90 Å². The van der Waals surface area contributed by atoms with Gasteiger partial charge in [0.15, 0.2) is 0 Å². The van der Waals surface area contributed by atoms with Gasteiger partial charge < -0.3 is 4.90 Å². The van der Waals surface area contributed by atoms with Crippen molar-refractivity contribution in [3.8, 4) is 0 Å². The van der Waals surface area contributed by atoms with E-state index in [9.17, 15) is 9.59 Å². The van der Waals surface area contributed by atoms with Crippen molar-refractivity contribution in [2.75, 3.05) is 24.5 Å². The van der Waals surface area contributed by atoms with E-state index >= 15 is 0 Å². The van der Waals surface area contributed by atoms with Crippen LogP contribution in [0.5, 0.6) is 0 Å². The zero-order valence-electron chi connectivity index (χ0n) is 15.0. The molecule has 0 saturated carbocycles. The van der Waals surface area contributed by atoms with E-state index < -0.39 is 0 Å². The van der Waals surface area contributed by atoms with Crippen molar-refractivity contribution < 1.29 is 9.59 Å². The number of hydrogen-bond donors (Lipinski definition) is 0. The molecular weight excluding hydrogens is 348 g/mol. The van der Waals surface area contributed by atoms with Gasteiger partial charge in [-0.25, -0.2) is 0 Å². The summed E-state index contributed by atoms with van der Waals surface area (Å²) in [6.07, 6.45) is 3.22. The molecule has 4 nitrogen and oxygen atoms in total. The minimum absolute atomic E-state index is 0.00686. The highest BCUT2D eigenvalue weighted by molar-refractivity contribution is 6.30. The molecule has 0 spiro atoms. The van der Waals surface area contributed by atoms with Gasteiger partial charge in [-0.15, -0.1) is 0 Å². The number of likely N-dealkylation sites (tertiary alicyclic amines) is 1. The number of amides is 2. The summed E-state index contributed by atoms with van der Waals surface area (Å²) in [4.78, 5) is 29.2. The Morgan fingerprint density at radius 1 is 0.962 bits per heavy atom. The van der Waals surface area contributed by atoms with Gasteiger partial charge >= 0.3 is 0 Å². The van der Waals surface area contributed by atoms with E-state index in [0.717, 1.165) is 43.6 Å². The van der Waals surface area contributed by atoms with Crippen LogP contribution >= 0.6 is 11.6 Å². The summed E-state index contributed by atoms with van der Waals surface area (Å²) >= 11 is 5.93. The number of halogens is 1. The number of carbonyl (C=O) groups is 2. The van der Waals surface area contributed by atoms with Crippen molar-refractivity contribution in [3.05, 3.63) is 64.7 Å². The van der Waals surface area contributed by atoms with Crippen LogP contribution in [0.1, 0.15) is 35.2 Å². The molecule has 0 atom stereocenters. The number of benzene rings is 2. The molecule has 0 aromatic heterocycles. The summed E-state index contributed by atoms with van der Waals surface area (Å²) < 4.78 is 0. The molecule has 0 radical (unpaired) electrons. The Balaban J connectivity index is 1.85. The van der Waals surface area contributed by atoms with Crippen molar-refractivity contribution in [2.24, 2.45) is 0 Å². The quantitative estimate of drug-likeness (QED) is 0.804. The first-order valence-corrected chi connectivity index (χ1v) is 9.34. The van der Waals surface area contributed by atoms with Crippen molar-refractivity contribution in [1.29, 1.82) is 0 Å². The first-order chi connectivity index (χ1) is 12.5.